The molecule has 2 aromatic heterocycles. The fourth-order valence-electron chi connectivity index (χ4n) is 2.79. The van der Waals surface area contributed by atoms with Crippen molar-refractivity contribution in [2.24, 2.45) is 17.1 Å². The molecule has 172 valence electrons. The summed E-state index contributed by atoms with van der Waals surface area (Å²) >= 11 is 1.54. The largest absolute Gasteiger partial charge is 0.391 e. The first kappa shape index (κ1) is 26.6. The third kappa shape index (κ3) is 9.47. The molecule has 0 saturated carbocycles. The van der Waals surface area contributed by atoms with Gasteiger partial charge in [-0.1, -0.05) is 20.8 Å². The Morgan fingerprint density at radius 2 is 2.03 bits per heavy atom. The van der Waals surface area contributed by atoms with E-state index in [1.165, 1.54) is 0 Å². The van der Waals surface area contributed by atoms with Crippen LogP contribution >= 0.6 is 11.3 Å². The van der Waals surface area contributed by atoms with Crippen molar-refractivity contribution in [1.82, 2.24) is 25.2 Å². The zero-order valence-corrected chi connectivity index (χ0v) is 19.4. The minimum atomic E-state index is -0.302. The van der Waals surface area contributed by atoms with Gasteiger partial charge in [0.25, 0.3) is 0 Å². The molecule has 11 heteroatoms. The number of aliphatic hydroxyl groups excluding tert-OH is 1. The van der Waals surface area contributed by atoms with Crippen LogP contribution in [0.15, 0.2) is 17.9 Å². The number of carbonyl (C=O) groups excluding carboxylic acids is 2. The van der Waals surface area contributed by atoms with E-state index in [2.05, 4.69) is 52.7 Å². The molecule has 0 spiro atoms. The highest BCUT2D eigenvalue weighted by Crippen LogP contribution is 2.24. The predicted octanol–water partition coefficient (Wildman–Crippen LogP) is 0.989. The van der Waals surface area contributed by atoms with Gasteiger partial charge in [0.1, 0.15) is 5.69 Å². The van der Waals surface area contributed by atoms with Gasteiger partial charge in [0, 0.05) is 19.5 Å². The summed E-state index contributed by atoms with van der Waals surface area (Å²) < 4.78 is 0. The summed E-state index contributed by atoms with van der Waals surface area (Å²) in [6.45, 7) is 9.74. The number of aryl methyl sites for hydroxylation is 1. The number of nitrogens with zero attached hydrogens (tertiary/aromatic N) is 4. The lowest BCUT2D eigenvalue weighted by Crippen LogP contribution is -2.32. The quantitative estimate of drug-likeness (QED) is 0.297. The number of rotatable bonds is 5. The zero-order valence-electron chi connectivity index (χ0n) is 18.5. The van der Waals surface area contributed by atoms with E-state index in [1.807, 2.05) is 6.92 Å². The van der Waals surface area contributed by atoms with Gasteiger partial charge in [-0.3, -0.25) is 31.2 Å². The second-order valence-corrected chi connectivity index (χ2v) is 9.03. The van der Waals surface area contributed by atoms with Gasteiger partial charge in [-0.15, -0.1) is 11.3 Å². The molecule has 2 amide bonds. The summed E-state index contributed by atoms with van der Waals surface area (Å²) in [6.07, 6.45) is 5.00. The van der Waals surface area contributed by atoms with Crippen LogP contribution in [-0.2, 0) is 16.1 Å². The minimum Gasteiger partial charge on any atom is -0.391 e. The van der Waals surface area contributed by atoms with Crippen molar-refractivity contribution >= 4 is 23.7 Å². The van der Waals surface area contributed by atoms with Crippen LogP contribution in [-0.4, -0.2) is 56.5 Å². The number of aliphatic hydroxyl groups is 1. The van der Waals surface area contributed by atoms with E-state index in [4.69, 9.17) is 0 Å². The van der Waals surface area contributed by atoms with Crippen LogP contribution in [0.4, 0.5) is 0 Å². The zero-order chi connectivity index (χ0) is 23.4. The number of nitrogens with one attached hydrogen (secondary N) is 1. The van der Waals surface area contributed by atoms with Crippen molar-refractivity contribution in [3.8, 4) is 10.6 Å². The Morgan fingerprint density at radius 3 is 2.48 bits per heavy atom. The van der Waals surface area contributed by atoms with Crippen LogP contribution in [0.2, 0.25) is 0 Å². The summed E-state index contributed by atoms with van der Waals surface area (Å²) in [7, 11) is 0. The van der Waals surface area contributed by atoms with Crippen molar-refractivity contribution in [3.05, 3.63) is 29.3 Å². The molecule has 1 aliphatic heterocycles. The van der Waals surface area contributed by atoms with E-state index >= 15 is 0 Å². The highest BCUT2D eigenvalue weighted by Gasteiger charge is 2.27. The molecule has 2 aromatic rings. The molecule has 0 radical (unpaired) electrons. The van der Waals surface area contributed by atoms with Gasteiger partial charge < -0.3 is 15.3 Å². The molecule has 10 nitrogen and oxygen atoms in total. The van der Waals surface area contributed by atoms with Crippen molar-refractivity contribution in [2.75, 3.05) is 13.1 Å². The third-order valence-electron chi connectivity index (χ3n) is 4.25. The molecule has 31 heavy (non-hydrogen) atoms. The molecule has 1 fully saturated rings. The fourth-order valence-corrected chi connectivity index (χ4v) is 3.56. The Morgan fingerprint density at radius 1 is 1.32 bits per heavy atom. The lowest BCUT2D eigenvalue weighted by molar-refractivity contribution is -0.132. The van der Waals surface area contributed by atoms with Gasteiger partial charge in [0.15, 0.2) is 0 Å². The normalized spacial score (nSPS) is 15.3. The summed E-state index contributed by atoms with van der Waals surface area (Å²) in [5.41, 5.74) is 4.34. The van der Waals surface area contributed by atoms with E-state index in [9.17, 15) is 14.7 Å². The van der Waals surface area contributed by atoms with Gasteiger partial charge >= 0.3 is 0 Å². The van der Waals surface area contributed by atoms with Crippen LogP contribution < -0.4 is 17.0 Å². The average molecular weight is 452 g/mol. The smallest absolute Gasteiger partial charge is 0.223 e. The molecule has 1 unspecified atom stereocenters. The van der Waals surface area contributed by atoms with Crippen LogP contribution in [0.5, 0.6) is 0 Å². The number of amides is 2. The number of thiazole rings is 1. The van der Waals surface area contributed by atoms with Gasteiger partial charge in [-0.2, -0.15) is 0 Å². The first-order chi connectivity index (χ1) is 14.7. The Balaban J connectivity index is 0.000000293. The Hall–Kier alpha value is -2.47. The standard InChI is InChI=1S/C10H10N4OS.C10H19NO2.H4N2/c1-7-10(16-6-14-7)9-4-12-8(3-13-9)2-11-5-15;1-10(2,3)6-9(13)11-5-4-8(12)7-11;1-2/h3-6H,2H2,1H3,(H,11,15);8,12H,4-7H2,1-3H3;1-2H2. The summed E-state index contributed by atoms with van der Waals surface area (Å²) in [6, 6.07) is 0. The van der Waals surface area contributed by atoms with E-state index in [0.29, 0.717) is 25.9 Å². The van der Waals surface area contributed by atoms with Gasteiger partial charge in [0.2, 0.25) is 12.3 Å². The molecule has 0 bridgehead atoms. The van der Waals surface area contributed by atoms with E-state index in [0.717, 1.165) is 34.9 Å². The number of nitrogens with two attached hydrogens (primary N) is 2. The number of carbonyl (C=O) groups is 2. The van der Waals surface area contributed by atoms with E-state index in [-0.39, 0.29) is 17.4 Å². The second-order valence-electron chi connectivity index (χ2n) is 8.18. The van der Waals surface area contributed by atoms with Gasteiger partial charge in [-0.25, -0.2) is 4.98 Å². The molecular weight excluding hydrogens is 418 g/mol. The number of aromatic nitrogens is 3. The number of β-amino-alcohol motifs (C(OH)–C–C–N with tert-alkyl or cyclic N) is 1. The lowest BCUT2D eigenvalue weighted by Gasteiger charge is -2.22. The SMILES string of the molecule is CC(C)(C)CC(=O)N1CCC(O)C1.Cc1ncsc1-c1cnc(CNC=O)cn1.NN. The van der Waals surface area contributed by atoms with Gasteiger partial charge in [-0.05, 0) is 18.8 Å². The topological polar surface area (TPSA) is 160 Å². The number of hydrazine groups is 1. The predicted molar refractivity (Wildman–Crippen MR) is 120 cm³/mol. The highest BCUT2D eigenvalue weighted by molar-refractivity contribution is 7.13. The monoisotopic (exact) mass is 451 g/mol. The number of hydrogen-bond donors (Lipinski definition) is 4. The van der Waals surface area contributed by atoms with Crippen molar-refractivity contribution in [2.45, 2.75) is 53.2 Å². The van der Waals surface area contributed by atoms with Gasteiger partial charge in [0.05, 0.1) is 46.8 Å². The molecule has 1 saturated heterocycles. The first-order valence-corrected chi connectivity index (χ1v) is 10.7. The summed E-state index contributed by atoms with van der Waals surface area (Å²) in [4.78, 5) is 37.2. The molecular formula is C20H33N7O3S. The average Bonchev–Trinajstić information content (AvgIpc) is 3.36. The summed E-state index contributed by atoms with van der Waals surface area (Å²) in [5.74, 6) is 8.17. The maximum absolute atomic E-state index is 11.6. The first-order valence-electron chi connectivity index (χ1n) is 9.87. The van der Waals surface area contributed by atoms with Crippen LogP contribution in [0, 0.1) is 12.3 Å². The second kappa shape index (κ2) is 13.1. The molecule has 3 heterocycles. The highest BCUT2D eigenvalue weighted by atomic mass is 32.1. The number of likely N-dealkylation sites (tertiary alicyclic amines) is 1. The fraction of sp³-hybridized carbons (Fsp3) is 0.550. The van der Waals surface area contributed by atoms with Crippen molar-refractivity contribution in [1.29, 1.82) is 0 Å². The molecule has 1 aliphatic rings. The molecule has 0 aromatic carbocycles. The van der Waals surface area contributed by atoms with Crippen LogP contribution in [0.1, 0.15) is 45.0 Å². The molecule has 1 atom stereocenters. The Kier molecular flexibility index (Phi) is 11.2. The van der Waals surface area contributed by atoms with E-state index in [1.54, 1.807) is 34.1 Å². The molecule has 6 N–H and O–H groups in total. The molecule has 0 aliphatic carbocycles. The van der Waals surface area contributed by atoms with Crippen molar-refractivity contribution < 1.29 is 14.7 Å². The van der Waals surface area contributed by atoms with Crippen molar-refractivity contribution in [3.63, 3.8) is 0 Å². The third-order valence-corrected chi connectivity index (χ3v) is 5.20. The summed E-state index contributed by atoms with van der Waals surface area (Å²) in [5, 5.41) is 11.8. The Labute approximate surface area is 187 Å². The number of hydrogen-bond acceptors (Lipinski definition) is 9. The maximum Gasteiger partial charge on any atom is 0.223 e. The maximum atomic E-state index is 11.6. The van der Waals surface area contributed by atoms with Crippen LogP contribution in [0.3, 0.4) is 0 Å². The Bertz CT molecular complexity index is 806. The van der Waals surface area contributed by atoms with E-state index < -0.39 is 0 Å². The minimum absolute atomic E-state index is 0.0463. The molecule has 3 rings (SSSR count). The van der Waals surface area contributed by atoms with Crippen LogP contribution in [0.25, 0.3) is 10.6 Å². The lowest BCUT2D eigenvalue weighted by atomic mass is 9.92.